The van der Waals surface area contributed by atoms with Gasteiger partial charge in [-0.25, -0.2) is 4.79 Å². The van der Waals surface area contributed by atoms with E-state index in [0.29, 0.717) is 15.3 Å². The Hall–Kier alpha value is -1.33. The third-order valence-corrected chi connectivity index (χ3v) is 3.16. The van der Waals surface area contributed by atoms with Gasteiger partial charge in [-0.15, -0.1) is 0 Å². The molecule has 1 aromatic heterocycles. The largest absolute Gasteiger partial charge is 0.461 e. The van der Waals surface area contributed by atoms with Gasteiger partial charge in [-0.3, -0.25) is 0 Å². The number of nitrogens with zero attached hydrogens (tertiary/aromatic N) is 1. The monoisotopic (exact) mass is 329 g/mol. The second-order valence-electron chi connectivity index (χ2n) is 3.41. The van der Waals surface area contributed by atoms with E-state index in [1.807, 2.05) is 6.07 Å². The summed E-state index contributed by atoms with van der Waals surface area (Å²) in [4.78, 5) is 11.6. The van der Waals surface area contributed by atoms with Crippen LogP contribution in [0.25, 0.3) is 11.3 Å². The van der Waals surface area contributed by atoms with E-state index >= 15 is 0 Å². The van der Waals surface area contributed by atoms with Crippen LogP contribution in [0.1, 0.15) is 17.4 Å². The SMILES string of the molecule is CCOC(=O)c1noc(-c2cccc(Cl)c2)c1Br. The normalized spacial score (nSPS) is 10.4. The van der Waals surface area contributed by atoms with Gasteiger partial charge in [-0.2, -0.15) is 0 Å². The van der Waals surface area contributed by atoms with E-state index in [1.54, 1.807) is 25.1 Å². The Morgan fingerprint density at radius 3 is 3.00 bits per heavy atom. The highest BCUT2D eigenvalue weighted by Crippen LogP contribution is 2.32. The van der Waals surface area contributed by atoms with Crippen LogP contribution >= 0.6 is 27.5 Å². The summed E-state index contributed by atoms with van der Waals surface area (Å²) in [6.07, 6.45) is 0. The predicted molar refractivity (Wildman–Crippen MR) is 70.6 cm³/mol. The van der Waals surface area contributed by atoms with Crippen molar-refractivity contribution in [2.24, 2.45) is 0 Å². The van der Waals surface area contributed by atoms with Crippen molar-refractivity contribution in [3.8, 4) is 11.3 Å². The molecule has 1 aromatic carbocycles. The van der Waals surface area contributed by atoms with E-state index in [4.69, 9.17) is 20.9 Å². The minimum Gasteiger partial charge on any atom is -0.461 e. The van der Waals surface area contributed by atoms with Gasteiger partial charge in [0.1, 0.15) is 4.47 Å². The molecular formula is C12H9BrClNO3. The van der Waals surface area contributed by atoms with E-state index in [2.05, 4.69) is 21.1 Å². The highest BCUT2D eigenvalue weighted by Gasteiger charge is 2.22. The topological polar surface area (TPSA) is 52.3 Å². The summed E-state index contributed by atoms with van der Waals surface area (Å²) in [7, 11) is 0. The minimum absolute atomic E-state index is 0.117. The summed E-state index contributed by atoms with van der Waals surface area (Å²) in [6.45, 7) is 2.01. The molecule has 0 spiro atoms. The van der Waals surface area contributed by atoms with Crippen molar-refractivity contribution in [1.29, 1.82) is 0 Å². The van der Waals surface area contributed by atoms with Crippen LogP contribution in [-0.4, -0.2) is 17.7 Å². The molecule has 1 heterocycles. The van der Waals surface area contributed by atoms with Crippen LogP contribution in [0.5, 0.6) is 0 Å². The number of carbonyl (C=O) groups excluding carboxylic acids is 1. The van der Waals surface area contributed by atoms with Crippen molar-refractivity contribution in [3.63, 3.8) is 0 Å². The molecule has 6 heteroatoms. The smallest absolute Gasteiger partial charge is 0.361 e. The molecule has 0 N–H and O–H groups in total. The number of hydrogen-bond donors (Lipinski definition) is 0. The molecule has 0 aliphatic heterocycles. The molecule has 2 aromatic rings. The first-order valence-electron chi connectivity index (χ1n) is 5.21. The first kappa shape index (κ1) is 13.1. The lowest BCUT2D eigenvalue weighted by Gasteiger charge is -1.98. The first-order chi connectivity index (χ1) is 8.63. The number of carbonyl (C=O) groups is 1. The average molecular weight is 331 g/mol. The summed E-state index contributed by atoms with van der Waals surface area (Å²) < 4.78 is 10.5. The van der Waals surface area contributed by atoms with Crippen LogP contribution < -0.4 is 0 Å². The Labute approximate surface area is 117 Å². The molecule has 0 fully saturated rings. The quantitative estimate of drug-likeness (QED) is 0.800. The minimum atomic E-state index is -0.526. The fraction of sp³-hybridized carbons (Fsp3) is 0.167. The van der Waals surface area contributed by atoms with Crippen molar-refractivity contribution >= 4 is 33.5 Å². The van der Waals surface area contributed by atoms with Gasteiger partial charge in [0.2, 0.25) is 5.69 Å². The van der Waals surface area contributed by atoms with Gasteiger partial charge < -0.3 is 9.26 Å². The molecular weight excluding hydrogens is 321 g/mol. The van der Waals surface area contributed by atoms with Crippen LogP contribution in [0.3, 0.4) is 0 Å². The fourth-order valence-corrected chi connectivity index (χ4v) is 2.14. The van der Waals surface area contributed by atoms with Crippen molar-refractivity contribution < 1.29 is 14.1 Å². The second-order valence-corrected chi connectivity index (χ2v) is 4.63. The summed E-state index contributed by atoms with van der Waals surface area (Å²) in [6, 6.07) is 7.08. The molecule has 2 rings (SSSR count). The summed E-state index contributed by atoms with van der Waals surface area (Å²) >= 11 is 9.18. The molecule has 0 atom stereocenters. The molecule has 18 heavy (non-hydrogen) atoms. The standard InChI is InChI=1S/C12H9BrClNO3/c1-2-17-12(16)10-9(13)11(18-15-10)7-4-3-5-8(14)6-7/h3-6H,2H2,1H3. The number of aromatic nitrogens is 1. The summed E-state index contributed by atoms with van der Waals surface area (Å²) in [5.41, 5.74) is 0.851. The second kappa shape index (κ2) is 5.54. The molecule has 0 radical (unpaired) electrons. The Bertz CT molecular complexity index is 582. The number of rotatable bonds is 3. The van der Waals surface area contributed by atoms with Crippen LogP contribution in [0.15, 0.2) is 33.3 Å². The third-order valence-electron chi connectivity index (χ3n) is 2.19. The maximum Gasteiger partial charge on any atom is 0.361 e. The van der Waals surface area contributed by atoms with Gasteiger partial charge in [0.05, 0.1) is 6.61 Å². The van der Waals surface area contributed by atoms with Gasteiger partial charge in [-0.1, -0.05) is 28.9 Å². The zero-order chi connectivity index (χ0) is 13.1. The Morgan fingerprint density at radius 2 is 2.33 bits per heavy atom. The van der Waals surface area contributed by atoms with Crippen molar-refractivity contribution in [2.75, 3.05) is 6.61 Å². The van der Waals surface area contributed by atoms with Crippen molar-refractivity contribution in [1.82, 2.24) is 5.16 Å². The van der Waals surface area contributed by atoms with Crippen molar-refractivity contribution in [3.05, 3.63) is 39.5 Å². The lowest BCUT2D eigenvalue weighted by Crippen LogP contribution is -2.05. The Balaban J connectivity index is 2.39. The summed E-state index contributed by atoms with van der Waals surface area (Å²) in [5.74, 6) is -0.0815. The number of hydrogen-bond acceptors (Lipinski definition) is 4. The zero-order valence-electron chi connectivity index (χ0n) is 9.44. The lowest BCUT2D eigenvalue weighted by atomic mass is 10.1. The maximum atomic E-state index is 11.6. The maximum absolute atomic E-state index is 11.6. The third kappa shape index (κ3) is 2.57. The lowest BCUT2D eigenvalue weighted by molar-refractivity contribution is 0.0513. The zero-order valence-corrected chi connectivity index (χ0v) is 11.8. The number of ether oxygens (including phenoxy) is 1. The molecule has 0 aliphatic rings. The molecule has 0 unspecified atom stereocenters. The Morgan fingerprint density at radius 1 is 1.56 bits per heavy atom. The molecule has 4 nitrogen and oxygen atoms in total. The van der Waals surface area contributed by atoms with E-state index in [-0.39, 0.29) is 12.3 Å². The number of benzene rings is 1. The van der Waals surface area contributed by atoms with Crippen LogP contribution in [0, 0.1) is 0 Å². The van der Waals surface area contributed by atoms with Crippen LogP contribution in [0.4, 0.5) is 0 Å². The number of halogens is 2. The van der Waals surface area contributed by atoms with E-state index < -0.39 is 5.97 Å². The molecule has 0 aliphatic carbocycles. The predicted octanol–water partition coefficient (Wildman–Crippen LogP) is 3.93. The fourth-order valence-electron chi connectivity index (χ4n) is 1.41. The molecule has 0 bridgehead atoms. The average Bonchev–Trinajstić information content (AvgIpc) is 2.71. The van der Waals surface area contributed by atoms with E-state index in [9.17, 15) is 4.79 Å². The van der Waals surface area contributed by atoms with E-state index in [1.165, 1.54) is 0 Å². The van der Waals surface area contributed by atoms with Gasteiger partial charge in [-0.05, 0) is 35.0 Å². The summed E-state index contributed by atoms with van der Waals surface area (Å²) in [5, 5.41) is 4.28. The Kier molecular flexibility index (Phi) is 4.04. The van der Waals surface area contributed by atoms with Gasteiger partial charge in [0, 0.05) is 10.6 Å². The van der Waals surface area contributed by atoms with Gasteiger partial charge in [0.25, 0.3) is 0 Å². The molecule has 0 amide bonds. The highest BCUT2D eigenvalue weighted by atomic mass is 79.9. The highest BCUT2D eigenvalue weighted by molar-refractivity contribution is 9.10. The van der Waals surface area contributed by atoms with Gasteiger partial charge in [0.15, 0.2) is 5.76 Å². The van der Waals surface area contributed by atoms with Gasteiger partial charge >= 0.3 is 5.97 Å². The molecule has 0 saturated heterocycles. The van der Waals surface area contributed by atoms with Crippen LogP contribution in [0.2, 0.25) is 5.02 Å². The van der Waals surface area contributed by atoms with Crippen LogP contribution in [-0.2, 0) is 4.74 Å². The number of esters is 1. The van der Waals surface area contributed by atoms with E-state index in [0.717, 1.165) is 5.56 Å². The first-order valence-corrected chi connectivity index (χ1v) is 6.38. The molecule has 0 saturated carbocycles. The van der Waals surface area contributed by atoms with Crippen molar-refractivity contribution in [2.45, 2.75) is 6.92 Å². The molecule has 94 valence electrons.